The van der Waals surface area contributed by atoms with Gasteiger partial charge in [-0.3, -0.25) is 15.0 Å². The van der Waals surface area contributed by atoms with Crippen LogP contribution in [-0.2, 0) is 0 Å². The quantitative estimate of drug-likeness (QED) is 0.510. The van der Waals surface area contributed by atoms with Crippen molar-refractivity contribution in [3.63, 3.8) is 0 Å². The second-order valence-electron chi connectivity index (χ2n) is 5.42. The molecule has 0 unspecified atom stereocenters. The molecule has 1 fully saturated rings. The molecule has 0 spiro atoms. The number of benzene rings is 1. The Kier molecular flexibility index (Phi) is 5.53. The number of alkyl halides is 3. The van der Waals surface area contributed by atoms with Gasteiger partial charge in [0.15, 0.2) is 0 Å². The Morgan fingerprint density at radius 3 is 2.52 bits per heavy atom. The zero-order valence-corrected chi connectivity index (χ0v) is 12.3. The Labute approximate surface area is 130 Å². The number of piperazine rings is 1. The van der Waals surface area contributed by atoms with Crippen molar-refractivity contribution in [2.24, 2.45) is 0 Å². The Morgan fingerprint density at radius 2 is 1.96 bits per heavy atom. The van der Waals surface area contributed by atoms with Crippen LogP contribution in [0.2, 0.25) is 0 Å². The van der Waals surface area contributed by atoms with E-state index in [1.54, 1.807) is 4.90 Å². The lowest BCUT2D eigenvalue weighted by molar-refractivity contribution is -0.386. The van der Waals surface area contributed by atoms with E-state index in [4.69, 9.17) is 0 Å². The van der Waals surface area contributed by atoms with Crippen molar-refractivity contribution in [3.8, 4) is 0 Å². The second kappa shape index (κ2) is 7.22. The summed E-state index contributed by atoms with van der Waals surface area (Å²) in [6.45, 7) is 2.06. The molecule has 1 aromatic rings. The molecule has 128 valence electrons. The summed E-state index contributed by atoms with van der Waals surface area (Å²) in [5.74, 6) is -0.697. The molecule has 1 N–H and O–H groups in total. The van der Waals surface area contributed by atoms with Gasteiger partial charge in [-0.25, -0.2) is 4.39 Å². The summed E-state index contributed by atoms with van der Waals surface area (Å²) < 4.78 is 51.3. The van der Waals surface area contributed by atoms with E-state index < -0.39 is 29.4 Å². The monoisotopic (exact) mass is 335 g/mol. The molecule has 1 aliphatic heterocycles. The van der Waals surface area contributed by atoms with Crippen LogP contribution in [0.3, 0.4) is 0 Å². The molecule has 0 aliphatic carbocycles. The molecule has 9 heteroatoms. The van der Waals surface area contributed by atoms with E-state index in [1.807, 2.05) is 0 Å². The predicted octanol–water partition coefficient (Wildman–Crippen LogP) is 3.02. The zero-order valence-electron chi connectivity index (χ0n) is 12.3. The summed E-state index contributed by atoms with van der Waals surface area (Å²) in [6.07, 6.45) is -5.78. The summed E-state index contributed by atoms with van der Waals surface area (Å²) in [6, 6.07) is 2.09. The summed E-state index contributed by atoms with van der Waals surface area (Å²) >= 11 is 0. The lowest BCUT2D eigenvalue weighted by atomic mass is 9.97. The van der Waals surface area contributed by atoms with Gasteiger partial charge in [0.05, 0.1) is 4.92 Å². The molecule has 1 saturated heterocycles. The average molecular weight is 335 g/mol. The summed E-state index contributed by atoms with van der Waals surface area (Å²) in [5, 5.41) is 14.2. The SMILES string of the molecule is O=[N+]([O-])c1ccc(F)cc1[C@@H](CCC(F)(F)F)N1CCNCC1. The van der Waals surface area contributed by atoms with Crippen LogP contribution >= 0.6 is 0 Å². The molecule has 0 bridgehead atoms. The Bertz CT molecular complexity index is 559. The number of hydrogen-bond donors (Lipinski definition) is 1. The van der Waals surface area contributed by atoms with Crippen LogP contribution in [0.15, 0.2) is 18.2 Å². The van der Waals surface area contributed by atoms with Crippen molar-refractivity contribution >= 4 is 5.69 Å². The van der Waals surface area contributed by atoms with Crippen molar-refractivity contribution in [3.05, 3.63) is 39.7 Å². The fraction of sp³-hybridized carbons (Fsp3) is 0.571. The van der Waals surface area contributed by atoms with Crippen LogP contribution in [0.1, 0.15) is 24.4 Å². The van der Waals surface area contributed by atoms with Gasteiger partial charge < -0.3 is 5.32 Å². The average Bonchev–Trinajstić information content (AvgIpc) is 2.47. The van der Waals surface area contributed by atoms with E-state index in [0.29, 0.717) is 26.2 Å². The first kappa shape index (κ1) is 17.6. The van der Waals surface area contributed by atoms with Crippen LogP contribution in [0.25, 0.3) is 0 Å². The summed E-state index contributed by atoms with van der Waals surface area (Å²) in [4.78, 5) is 12.2. The molecule has 23 heavy (non-hydrogen) atoms. The first-order valence-electron chi connectivity index (χ1n) is 7.23. The van der Waals surface area contributed by atoms with Crippen LogP contribution in [0.4, 0.5) is 23.2 Å². The molecule has 1 aromatic carbocycles. The minimum atomic E-state index is -4.37. The van der Waals surface area contributed by atoms with E-state index in [2.05, 4.69) is 5.32 Å². The van der Waals surface area contributed by atoms with Crippen molar-refractivity contribution in [2.45, 2.75) is 25.1 Å². The largest absolute Gasteiger partial charge is 0.389 e. The number of hydrogen-bond acceptors (Lipinski definition) is 4. The highest BCUT2D eigenvalue weighted by Crippen LogP contribution is 2.36. The molecular formula is C14H17F4N3O2. The van der Waals surface area contributed by atoms with Gasteiger partial charge in [0.1, 0.15) is 5.82 Å². The van der Waals surface area contributed by atoms with Gasteiger partial charge >= 0.3 is 6.18 Å². The number of nitro benzene ring substituents is 1. The molecule has 5 nitrogen and oxygen atoms in total. The molecule has 0 radical (unpaired) electrons. The normalized spacial score (nSPS) is 17.9. The highest BCUT2D eigenvalue weighted by Gasteiger charge is 2.34. The maximum Gasteiger partial charge on any atom is 0.389 e. The molecule has 0 saturated carbocycles. The zero-order chi connectivity index (χ0) is 17.0. The standard InChI is InChI=1S/C14H17F4N3O2/c15-10-1-2-13(21(22)23)11(9-10)12(3-4-14(16,17)18)20-7-5-19-6-8-20/h1-2,9,12,19H,3-8H2/t12-/m1/s1. The maximum absolute atomic E-state index is 13.5. The lowest BCUT2D eigenvalue weighted by Gasteiger charge is -2.35. The van der Waals surface area contributed by atoms with Crippen molar-refractivity contribution < 1.29 is 22.5 Å². The molecule has 0 amide bonds. The van der Waals surface area contributed by atoms with Crippen molar-refractivity contribution in [1.29, 1.82) is 0 Å². The molecule has 1 atom stereocenters. The third-order valence-corrected chi connectivity index (χ3v) is 3.84. The van der Waals surface area contributed by atoms with Crippen LogP contribution < -0.4 is 5.32 Å². The van der Waals surface area contributed by atoms with Gasteiger partial charge in [0.2, 0.25) is 0 Å². The summed E-state index contributed by atoms with van der Waals surface area (Å²) in [7, 11) is 0. The maximum atomic E-state index is 13.5. The highest BCUT2D eigenvalue weighted by atomic mass is 19.4. The number of rotatable bonds is 5. The first-order valence-corrected chi connectivity index (χ1v) is 7.23. The van der Waals surface area contributed by atoms with Gasteiger partial charge in [0, 0.05) is 50.3 Å². The van der Waals surface area contributed by atoms with E-state index in [0.717, 1.165) is 18.2 Å². The van der Waals surface area contributed by atoms with Crippen LogP contribution in [-0.4, -0.2) is 42.2 Å². The predicted molar refractivity (Wildman–Crippen MR) is 75.5 cm³/mol. The molecule has 1 aliphatic rings. The van der Waals surface area contributed by atoms with E-state index in [-0.39, 0.29) is 17.7 Å². The minimum absolute atomic E-state index is 0.00106. The summed E-state index contributed by atoms with van der Waals surface area (Å²) in [5.41, 5.74) is -0.349. The molecule has 0 aromatic heterocycles. The van der Waals surface area contributed by atoms with Crippen LogP contribution in [0, 0.1) is 15.9 Å². The fourth-order valence-corrected chi connectivity index (χ4v) is 2.79. The molecule has 2 rings (SSSR count). The van der Waals surface area contributed by atoms with E-state index >= 15 is 0 Å². The number of nitro groups is 1. The second-order valence-corrected chi connectivity index (χ2v) is 5.42. The third-order valence-electron chi connectivity index (χ3n) is 3.84. The van der Waals surface area contributed by atoms with Gasteiger partial charge in [0.25, 0.3) is 5.69 Å². The van der Waals surface area contributed by atoms with Crippen LogP contribution in [0.5, 0.6) is 0 Å². The number of halogens is 4. The fourth-order valence-electron chi connectivity index (χ4n) is 2.79. The Hall–Kier alpha value is -1.74. The first-order chi connectivity index (χ1) is 10.8. The minimum Gasteiger partial charge on any atom is -0.314 e. The Morgan fingerprint density at radius 1 is 1.30 bits per heavy atom. The van der Waals surface area contributed by atoms with E-state index in [1.165, 1.54) is 0 Å². The molecular weight excluding hydrogens is 318 g/mol. The molecule has 1 heterocycles. The Balaban J connectivity index is 2.35. The van der Waals surface area contributed by atoms with Gasteiger partial charge in [-0.05, 0) is 18.6 Å². The smallest absolute Gasteiger partial charge is 0.314 e. The van der Waals surface area contributed by atoms with Gasteiger partial charge in [-0.2, -0.15) is 13.2 Å². The van der Waals surface area contributed by atoms with E-state index in [9.17, 15) is 27.7 Å². The van der Waals surface area contributed by atoms with Gasteiger partial charge in [-0.1, -0.05) is 0 Å². The topological polar surface area (TPSA) is 58.4 Å². The lowest BCUT2D eigenvalue weighted by Crippen LogP contribution is -2.45. The number of nitrogens with one attached hydrogen (secondary N) is 1. The highest BCUT2D eigenvalue weighted by molar-refractivity contribution is 5.42. The number of nitrogens with zero attached hydrogens (tertiary/aromatic N) is 2. The third kappa shape index (κ3) is 4.87. The van der Waals surface area contributed by atoms with Crippen molar-refractivity contribution in [1.82, 2.24) is 10.2 Å². The van der Waals surface area contributed by atoms with Gasteiger partial charge in [-0.15, -0.1) is 0 Å². The van der Waals surface area contributed by atoms with Crippen molar-refractivity contribution in [2.75, 3.05) is 26.2 Å².